The van der Waals surface area contributed by atoms with Gasteiger partial charge in [-0.3, -0.25) is 9.59 Å². The van der Waals surface area contributed by atoms with Crippen molar-refractivity contribution in [1.29, 1.82) is 0 Å². The summed E-state index contributed by atoms with van der Waals surface area (Å²) in [6.07, 6.45) is 4.58. The van der Waals surface area contributed by atoms with Gasteiger partial charge in [0.25, 0.3) is 0 Å². The third kappa shape index (κ3) is 19.0. The van der Waals surface area contributed by atoms with E-state index in [0.29, 0.717) is 6.42 Å². The molecule has 0 heterocycles. The second-order valence-electron chi connectivity index (χ2n) is 3.81. The molecule has 4 heteroatoms. The van der Waals surface area contributed by atoms with Crippen LogP contribution in [0.5, 0.6) is 0 Å². The van der Waals surface area contributed by atoms with Gasteiger partial charge >= 0.3 is 0 Å². The number of hydrogen-bond acceptors (Lipinski definition) is 2. The van der Waals surface area contributed by atoms with Crippen LogP contribution in [0.15, 0.2) is 24.3 Å². The molecule has 0 saturated carbocycles. The number of nitrogens with one attached hydrogen (secondary N) is 1. The van der Waals surface area contributed by atoms with Gasteiger partial charge in [-0.2, -0.15) is 0 Å². The lowest BCUT2D eigenvalue weighted by atomic mass is 9.96. The van der Waals surface area contributed by atoms with E-state index >= 15 is 0 Å². The normalized spacial score (nSPS) is 10.4. The molecular weight excluding hydrogens is 240 g/mol. The largest absolute Gasteiger partial charge is 0.370 e. The van der Waals surface area contributed by atoms with Crippen molar-refractivity contribution in [3.8, 4) is 0 Å². The highest BCUT2D eigenvalue weighted by Crippen LogP contribution is 2.13. The summed E-state index contributed by atoms with van der Waals surface area (Å²) in [5.74, 6) is -1.00. The third-order valence-corrected chi connectivity index (χ3v) is 1.99. The molecule has 0 rings (SSSR count). The Balaban J connectivity index is -0.000000361. The van der Waals surface area contributed by atoms with E-state index in [4.69, 9.17) is 5.73 Å². The van der Waals surface area contributed by atoms with Crippen LogP contribution in [0.4, 0.5) is 0 Å². The zero-order valence-electron chi connectivity index (χ0n) is 13.2. The smallest absolute Gasteiger partial charge is 0.223 e. The number of carbonyl (C=O) groups excluding carboxylic acids is 2. The van der Waals surface area contributed by atoms with Gasteiger partial charge in [0.05, 0.1) is 5.92 Å². The molecule has 2 amide bonds. The minimum absolute atomic E-state index is 0.0759. The molecule has 19 heavy (non-hydrogen) atoms. The first-order valence-electron chi connectivity index (χ1n) is 6.60. The minimum atomic E-state index is -0.463. The Morgan fingerprint density at radius 2 is 1.63 bits per heavy atom. The number of hydrogen-bond donors (Lipinski definition) is 2. The highest BCUT2D eigenvalue weighted by atomic mass is 16.2. The molecule has 0 fully saturated rings. The highest BCUT2D eigenvalue weighted by molar-refractivity contribution is 5.85. The van der Waals surface area contributed by atoms with Crippen molar-refractivity contribution in [3.05, 3.63) is 24.3 Å². The first-order valence-corrected chi connectivity index (χ1v) is 6.60. The van der Waals surface area contributed by atoms with E-state index in [1.807, 2.05) is 46.8 Å². The van der Waals surface area contributed by atoms with Crippen molar-refractivity contribution in [3.63, 3.8) is 0 Å². The zero-order chi connectivity index (χ0) is 15.8. The Bertz CT molecular complexity index is 264. The van der Waals surface area contributed by atoms with Gasteiger partial charge in [-0.1, -0.05) is 31.6 Å². The monoisotopic (exact) mass is 270 g/mol. The highest BCUT2D eigenvalue weighted by Gasteiger charge is 2.19. The van der Waals surface area contributed by atoms with E-state index in [1.54, 1.807) is 0 Å². The van der Waals surface area contributed by atoms with Crippen molar-refractivity contribution in [1.82, 2.24) is 5.32 Å². The van der Waals surface area contributed by atoms with E-state index in [2.05, 4.69) is 11.9 Å². The summed E-state index contributed by atoms with van der Waals surface area (Å²) in [6.45, 7) is 13.5. The molecule has 0 aromatic rings. The van der Waals surface area contributed by atoms with Crippen molar-refractivity contribution < 1.29 is 9.59 Å². The molecule has 112 valence electrons. The van der Waals surface area contributed by atoms with Gasteiger partial charge in [-0.15, -0.1) is 6.58 Å². The first-order chi connectivity index (χ1) is 8.88. The number of primary amides is 1. The molecule has 0 spiro atoms. The number of nitrogens with two attached hydrogens (primary N) is 1. The molecule has 0 bridgehead atoms. The van der Waals surface area contributed by atoms with Crippen molar-refractivity contribution in [2.75, 3.05) is 7.05 Å². The third-order valence-electron chi connectivity index (χ3n) is 1.99. The fourth-order valence-electron chi connectivity index (χ4n) is 1.13. The predicted molar refractivity (Wildman–Crippen MR) is 82.6 cm³/mol. The number of rotatable bonds is 5. The molecule has 0 saturated heterocycles. The van der Waals surface area contributed by atoms with Gasteiger partial charge in [-0.05, 0) is 27.2 Å². The lowest BCUT2D eigenvalue weighted by Crippen LogP contribution is -2.31. The van der Waals surface area contributed by atoms with E-state index in [0.717, 1.165) is 5.57 Å². The van der Waals surface area contributed by atoms with Crippen LogP contribution in [0, 0.1) is 5.92 Å². The maximum Gasteiger partial charge on any atom is 0.223 e. The van der Waals surface area contributed by atoms with E-state index < -0.39 is 5.91 Å². The van der Waals surface area contributed by atoms with E-state index in [-0.39, 0.29) is 18.2 Å². The predicted octanol–water partition coefficient (Wildman–Crippen LogP) is 2.80. The Labute approximate surface area is 118 Å². The summed E-state index contributed by atoms with van der Waals surface area (Å²) < 4.78 is 0. The second-order valence-corrected chi connectivity index (χ2v) is 3.81. The van der Waals surface area contributed by atoms with E-state index in [9.17, 15) is 9.59 Å². The Morgan fingerprint density at radius 1 is 1.21 bits per heavy atom. The summed E-state index contributed by atoms with van der Waals surface area (Å²) >= 11 is 0. The van der Waals surface area contributed by atoms with Crippen LogP contribution in [0.2, 0.25) is 0 Å². The lowest BCUT2D eigenvalue weighted by molar-refractivity contribution is -0.128. The average Bonchev–Trinajstić information content (AvgIpc) is 2.38. The molecule has 0 aliphatic heterocycles. The fourth-order valence-corrected chi connectivity index (χ4v) is 1.13. The molecule has 3 N–H and O–H groups in total. The second kappa shape index (κ2) is 16.4. The van der Waals surface area contributed by atoms with E-state index in [1.165, 1.54) is 7.05 Å². The molecular formula is C15H30N2O2. The number of amides is 2. The van der Waals surface area contributed by atoms with Gasteiger partial charge in [0.15, 0.2) is 0 Å². The molecule has 0 aromatic carbocycles. The summed E-state index contributed by atoms with van der Waals surface area (Å²) in [5, 5.41) is 2.49. The fraction of sp³-hybridized carbons (Fsp3) is 0.600. The van der Waals surface area contributed by atoms with Gasteiger partial charge in [0.1, 0.15) is 0 Å². The SMILES string of the molecule is C/C=C/C.C=C(C)CC(CC(N)=O)C(=O)NC.CC. The summed E-state index contributed by atoms with van der Waals surface area (Å²) in [6, 6.07) is 0. The van der Waals surface area contributed by atoms with Crippen molar-refractivity contribution in [2.24, 2.45) is 11.7 Å². The van der Waals surface area contributed by atoms with Crippen LogP contribution in [0.1, 0.15) is 47.5 Å². The molecule has 1 atom stereocenters. The van der Waals surface area contributed by atoms with Crippen LogP contribution >= 0.6 is 0 Å². The van der Waals surface area contributed by atoms with Crippen molar-refractivity contribution in [2.45, 2.75) is 47.5 Å². The molecule has 0 aliphatic rings. The minimum Gasteiger partial charge on any atom is -0.370 e. The zero-order valence-corrected chi connectivity index (χ0v) is 13.2. The number of carbonyl (C=O) groups is 2. The molecule has 0 aromatic heterocycles. The topological polar surface area (TPSA) is 72.2 Å². The Kier molecular flexibility index (Phi) is 19.5. The molecule has 4 nitrogen and oxygen atoms in total. The average molecular weight is 270 g/mol. The maximum atomic E-state index is 11.2. The standard InChI is InChI=1S/C9H16N2O2.C4H8.C2H6/c1-6(2)4-7(5-8(10)12)9(13)11-3;1-3-4-2;1-2/h7H,1,4-5H2,2-3H3,(H2,10,12)(H,11,13);3-4H,1-2H3;1-2H3/b;4-3+;. The maximum absolute atomic E-state index is 11.2. The van der Waals surface area contributed by atoms with Crippen LogP contribution in [0.25, 0.3) is 0 Å². The summed E-state index contributed by atoms with van der Waals surface area (Å²) in [5.41, 5.74) is 5.88. The van der Waals surface area contributed by atoms with Gasteiger partial charge in [-0.25, -0.2) is 0 Å². The van der Waals surface area contributed by atoms with Gasteiger partial charge in [0.2, 0.25) is 11.8 Å². The van der Waals surface area contributed by atoms with Gasteiger partial charge < -0.3 is 11.1 Å². The molecule has 1 unspecified atom stereocenters. The van der Waals surface area contributed by atoms with Crippen LogP contribution in [-0.2, 0) is 9.59 Å². The Hall–Kier alpha value is -1.58. The summed E-state index contributed by atoms with van der Waals surface area (Å²) in [4.78, 5) is 21.8. The number of allylic oxidation sites excluding steroid dienone is 3. The van der Waals surface area contributed by atoms with Crippen LogP contribution in [-0.4, -0.2) is 18.9 Å². The van der Waals surface area contributed by atoms with Crippen molar-refractivity contribution >= 4 is 11.8 Å². The molecule has 0 radical (unpaired) electrons. The summed E-state index contributed by atoms with van der Waals surface area (Å²) in [7, 11) is 1.54. The van der Waals surface area contributed by atoms with Gasteiger partial charge in [0, 0.05) is 13.5 Å². The quantitative estimate of drug-likeness (QED) is 0.754. The molecule has 0 aliphatic carbocycles. The van der Waals surface area contributed by atoms with Crippen LogP contribution < -0.4 is 11.1 Å². The lowest BCUT2D eigenvalue weighted by Gasteiger charge is -2.12. The first kappa shape index (κ1) is 22.6. The Morgan fingerprint density at radius 3 is 1.84 bits per heavy atom. The van der Waals surface area contributed by atoms with Crippen LogP contribution in [0.3, 0.4) is 0 Å².